The summed E-state index contributed by atoms with van der Waals surface area (Å²) in [5, 5.41) is 18.7. The molecule has 0 aliphatic rings. The maximum Gasteiger partial charge on any atom is 0.344 e. The van der Waals surface area contributed by atoms with E-state index in [1.807, 2.05) is 62.6 Å². The third-order valence-corrected chi connectivity index (χ3v) is 3.51. The molecule has 2 aromatic rings. The van der Waals surface area contributed by atoms with Crippen LogP contribution in [-0.4, -0.2) is 36.3 Å². The largest absolute Gasteiger partial charge is 0.479 e. The van der Waals surface area contributed by atoms with Gasteiger partial charge in [-0.1, -0.05) is 48.6 Å². The van der Waals surface area contributed by atoms with Gasteiger partial charge >= 0.3 is 5.97 Å². The Morgan fingerprint density at radius 1 is 1.08 bits per heavy atom. The van der Waals surface area contributed by atoms with Gasteiger partial charge in [-0.15, -0.1) is 5.11 Å². The number of carboxylic acids is 1. The molecule has 0 aliphatic carbocycles. The number of hydrogen-bond acceptors (Lipinski definition) is 4. The lowest BCUT2D eigenvalue weighted by atomic mass is 10.1. The quantitative estimate of drug-likeness (QED) is 0.425. The van der Waals surface area contributed by atoms with E-state index in [1.165, 1.54) is 0 Å². The molecule has 0 heterocycles. The van der Waals surface area contributed by atoms with Crippen LogP contribution < -0.4 is 4.74 Å². The summed E-state index contributed by atoms with van der Waals surface area (Å²) >= 11 is 0. The third-order valence-electron chi connectivity index (χ3n) is 3.51. The van der Waals surface area contributed by atoms with Crippen molar-refractivity contribution in [2.75, 3.05) is 14.1 Å². The predicted octanol–water partition coefficient (Wildman–Crippen LogP) is 4.66. The highest BCUT2D eigenvalue weighted by Crippen LogP contribution is 2.18. The molecule has 26 heavy (non-hydrogen) atoms. The lowest BCUT2D eigenvalue weighted by Crippen LogP contribution is -2.25. The molecule has 0 aromatic heterocycles. The maximum absolute atomic E-state index is 11.0. The molecule has 136 valence electrons. The number of carbonyl (C=O) groups is 1. The van der Waals surface area contributed by atoms with E-state index in [1.54, 1.807) is 24.1 Å². The van der Waals surface area contributed by atoms with Gasteiger partial charge in [0.2, 0.25) is 0 Å². The van der Waals surface area contributed by atoms with Crippen molar-refractivity contribution in [3.63, 3.8) is 0 Å². The fourth-order valence-electron chi connectivity index (χ4n) is 2.12. The molecule has 0 fully saturated rings. The Labute approximate surface area is 153 Å². The molecule has 0 bridgehead atoms. The Balaban J connectivity index is 1.98. The zero-order valence-electron chi connectivity index (χ0n) is 15.2. The van der Waals surface area contributed by atoms with Crippen molar-refractivity contribution in [3.8, 4) is 5.75 Å². The average Bonchev–Trinajstić information content (AvgIpc) is 2.64. The molecule has 0 amide bonds. The first kappa shape index (κ1) is 19.2. The van der Waals surface area contributed by atoms with Gasteiger partial charge in [-0.25, -0.2) is 4.79 Å². The van der Waals surface area contributed by atoms with E-state index in [4.69, 9.17) is 9.84 Å². The predicted molar refractivity (Wildman–Crippen MR) is 102 cm³/mol. The zero-order chi connectivity index (χ0) is 18.9. The van der Waals surface area contributed by atoms with Crippen molar-refractivity contribution in [1.82, 2.24) is 5.01 Å². The topological polar surface area (TPSA) is 74.5 Å². The van der Waals surface area contributed by atoms with Gasteiger partial charge in [0.25, 0.3) is 0 Å². The van der Waals surface area contributed by atoms with Crippen LogP contribution in [0.4, 0.5) is 5.69 Å². The smallest absolute Gasteiger partial charge is 0.344 e. The second-order valence-electron chi connectivity index (χ2n) is 5.88. The monoisotopic (exact) mass is 353 g/mol. The van der Waals surface area contributed by atoms with Crippen molar-refractivity contribution in [1.29, 1.82) is 0 Å². The average molecular weight is 353 g/mol. The first-order valence-electron chi connectivity index (χ1n) is 8.34. The second-order valence-corrected chi connectivity index (χ2v) is 5.88. The molecule has 6 heteroatoms. The highest BCUT2D eigenvalue weighted by molar-refractivity contribution is 5.73. The lowest BCUT2D eigenvalue weighted by molar-refractivity contribution is -0.145. The molecular formula is C20H23N3O3. The number of ether oxygens (including phenoxy) is 1. The fraction of sp³-hybridized carbons (Fsp3) is 0.250. The van der Waals surface area contributed by atoms with Gasteiger partial charge in [0.05, 0.1) is 5.69 Å². The minimum Gasteiger partial charge on any atom is -0.479 e. The first-order chi connectivity index (χ1) is 12.5. The van der Waals surface area contributed by atoms with Crippen molar-refractivity contribution >= 4 is 23.8 Å². The SMILES string of the molecule is CCC(Oc1ccc(C=Cc2ccc(/N=N/N(C)C)cc2)cc1)C(=O)O. The van der Waals surface area contributed by atoms with Crippen LogP contribution >= 0.6 is 0 Å². The van der Waals surface area contributed by atoms with Crippen molar-refractivity contribution < 1.29 is 14.6 Å². The first-order valence-corrected chi connectivity index (χ1v) is 8.34. The highest BCUT2D eigenvalue weighted by atomic mass is 16.5. The van der Waals surface area contributed by atoms with E-state index >= 15 is 0 Å². The van der Waals surface area contributed by atoms with E-state index in [0.717, 1.165) is 16.8 Å². The summed E-state index contributed by atoms with van der Waals surface area (Å²) < 4.78 is 5.45. The Bertz CT molecular complexity index is 766. The summed E-state index contributed by atoms with van der Waals surface area (Å²) in [6.45, 7) is 1.78. The van der Waals surface area contributed by atoms with E-state index < -0.39 is 12.1 Å². The Morgan fingerprint density at radius 2 is 1.62 bits per heavy atom. The maximum atomic E-state index is 11.0. The fourth-order valence-corrected chi connectivity index (χ4v) is 2.12. The van der Waals surface area contributed by atoms with Crippen LogP contribution in [0, 0.1) is 0 Å². The Hall–Kier alpha value is -3.15. The van der Waals surface area contributed by atoms with E-state index in [0.29, 0.717) is 12.2 Å². The molecule has 6 nitrogen and oxygen atoms in total. The van der Waals surface area contributed by atoms with Crippen LogP contribution in [0.25, 0.3) is 12.2 Å². The molecule has 2 aromatic carbocycles. The summed E-state index contributed by atoms with van der Waals surface area (Å²) in [6.07, 6.45) is 3.57. The van der Waals surface area contributed by atoms with E-state index in [9.17, 15) is 4.79 Å². The molecule has 0 saturated heterocycles. The molecule has 1 atom stereocenters. The van der Waals surface area contributed by atoms with Crippen LogP contribution in [0.5, 0.6) is 5.75 Å². The molecular weight excluding hydrogens is 330 g/mol. The van der Waals surface area contributed by atoms with Crippen molar-refractivity contribution in [2.45, 2.75) is 19.4 Å². The number of rotatable bonds is 8. The standard InChI is InChI=1S/C20H23N3O3/c1-4-19(20(24)25)26-18-13-9-16(10-14-18)6-5-15-7-11-17(12-8-15)21-22-23(2)3/h5-14,19H,4H2,1-3H3,(H,24,25)/b6-5?,22-21+. The minimum absolute atomic E-state index is 0.418. The molecule has 0 aliphatic heterocycles. The number of aliphatic carboxylic acids is 1. The van der Waals surface area contributed by atoms with Gasteiger partial charge in [0, 0.05) is 14.1 Å². The van der Waals surface area contributed by atoms with E-state index in [2.05, 4.69) is 10.3 Å². The van der Waals surface area contributed by atoms with Gasteiger partial charge < -0.3 is 9.84 Å². The summed E-state index contributed by atoms with van der Waals surface area (Å²) in [6, 6.07) is 15.1. The van der Waals surface area contributed by atoms with Gasteiger partial charge in [-0.05, 0) is 41.8 Å². The third kappa shape index (κ3) is 6.05. The second kappa shape index (κ2) is 9.36. The summed E-state index contributed by atoms with van der Waals surface area (Å²) in [7, 11) is 3.64. The van der Waals surface area contributed by atoms with Gasteiger partial charge in [0.1, 0.15) is 5.75 Å². The van der Waals surface area contributed by atoms with Crippen molar-refractivity contribution in [3.05, 3.63) is 59.7 Å². The number of nitrogens with zero attached hydrogens (tertiary/aromatic N) is 3. The van der Waals surface area contributed by atoms with Crippen LogP contribution in [0.1, 0.15) is 24.5 Å². The lowest BCUT2D eigenvalue weighted by Gasteiger charge is -2.12. The number of hydrogen-bond donors (Lipinski definition) is 1. The van der Waals surface area contributed by atoms with Crippen LogP contribution in [0.2, 0.25) is 0 Å². The van der Waals surface area contributed by atoms with Gasteiger partial charge in [0.15, 0.2) is 6.10 Å². The molecule has 0 saturated carbocycles. The molecule has 2 rings (SSSR count). The molecule has 1 unspecified atom stereocenters. The minimum atomic E-state index is -0.954. The summed E-state index contributed by atoms with van der Waals surface area (Å²) in [5.41, 5.74) is 2.84. The highest BCUT2D eigenvalue weighted by Gasteiger charge is 2.16. The molecule has 1 N–H and O–H groups in total. The Morgan fingerprint density at radius 3 is 2.08 bits per heavy atom. The Kier molecular flexibility index (Phi) is 6.91. The number of benzene rings is 2. The van der Waals surface area contributed by atoms with E-state index in [-0.39, 0.29) is 0 Å². The molecule has 0 spiro atoms. The van der Waals surface area contributed by atoms with Crippen LogP contribution in [0.3, 0.4) is 0 Å². The van der Waals surface area contributed by atoms with Crippen LogP contribution in [0.15, 0.2) is 58.9 Å². The van der Waals surface area contributed by atoms with Crippen LogP contribution in [-0.2, 0) is 4.79 Å². The van der Waals surface area contributed by atoms with Gasteiger partial charge in [-0.3, -0.25) is 5.01 Å². The number of carboxylic acid groups (broad SMARTS) is 1. The zero-order valence-corrected chi connectivity index (χ0v) is 15.2. The summed E-state index contributed by atoms with van der Waals surface area (Å²) in [4.78, 5) is 11.0. The molecule has 0 radical (unpaired) electrons. The normalized spacial score (nSPS) is 12.4. The summed E-state index contributed by atoms with van der Waals surface area (Å²) in [5.74, 6) is -0.406. The van der Waals surface area contributed by atoms with Gasteiger partial charge in [-0.2, -0.15) is 0 Å². The van der Waals surface area contributed by atoms with Crippen molar-refractivity contribution in [2.24, 2.45) is 10.3 Å².